The van der Waals surface area contributed by atoms with Crippen LogP contribution >= 0.6 is 0 Å². The number of nitriles is 1. The van der Waals surface area contributed by atoms with Crippen LogP contribution in [0.4, 0.5) is 23.2 Å². The van der Waals surface area contributed by atoms with E-state index < -0.39 is 23.5 Å². The number of fused-ring (bicyclic) bond motifs is 1. The normalized spacial score (nSPS) is 13.7. The molecule has 8 heteroatoms. The van der Waals surface area contributed by atoms with E-state index in [2.05, 4.69) is 11.5 Å². The topological polar surface area (TPSA) is 56.1 Å². The van der Waals surface area contributed by atoms with Crippen molar-refractivity contribution >= 4 is 11.6 Å². The summed E-state index contributed by atoms with van der Waals surface area (Å²) in [6, 6.07) is 7.82. The number of nitrogens with zero attached hydrogens (tertiary/aromatic N) is 2. The van der Waals surface area contributed by atoms with E-state index in [1.165, 1.54) is 0 Å². The summed E-state index contributed by atoms with van der Waals surface area (Å²) in [6.07, 6.45) is -2.34. The first-order valence-electron chi connectivity index (χ1n) is 8.19. The SMILES string of the molecule is N#CN1CCc2c(cccc2NC(=O)Cc2ccc(C(F)(F)F)c(F)c2)C1. The molecule has 140 valence electrons. The summed E-state index contributed by atoms with van der Waals surface area (Å²) in [4.78, 5) is 13.9. The lowest BCUT2D eigenvalue weighted by molar-refractivity contribution is -0.140. The number of alkyl halides is 3. The molecule has 0 saturated heterocycles. The minimum Gasteiger partial charge on any atom is -0.326 e. The predicted octanol–water partition coefficient (Wildman–Crippen LogP) is 3.86. The van der Waals surface area contributed by atoms with E-state index in [0.717, 1.165) is 23.3 Å². The fourth-order valence-electron chi connectivity index (χ4n) is 3.09. The van der Waals surface area contributed by atoms with Crippen molar-refractivity contribution in [2.75, 3.05) is 11.9 Å². The minimum absolute atomic E-state index is 0.151. The first-order valence-corrected chi connectivity index (χ1v) is 8.19. The second-order valence-electron chi connectivity index (χ2n) is 6.25. The van der Waals surface area contributed by atoms with Gasteiger partial charge in [0.25, 0.3) is 0 Å². The number of rotatable bonds is 3. The summed E-state index contributed by atoms with van der Waals surface area (Å²) < 4.78 is 51.4. The first-order chi connectivity index (χ1) is 12.8. The number of anilines is 1. The molecule has 0 aliphatic carbocycles. The molecule has 0 atom stereocenters. The predicted molar refractivity (Wildman–Crippen MR) is 89.9 cm³/mol. The Balaban J connectivity index is 1.72. The zero-order chi connectivity index (χ0) is 19.6. The summed E-state index contributed by atoms with van der Waals surface area (Å²) in [5, 5.41) is 11.7. The third kappa shape index (κ3) is 4.19. The number of hydrogen-bond acceptors (Lipinski definition) is 3. The third-order valence-corrected chi connectivity index (χ3v) is 4.39. The van der Waals surface area contributed by atoms with Crippen molar-refractivity contribution in [1.82, 2.24) is 4.90 Å². The molecule has 0 fully saturated rings. The second kappa shape index (κ2) is 7.27. The van der Waals surface area contributed by atoms with Crippen LogP contribution in [0.5, 0.6) is 0 Å². The van der Waals surface area contributed by atoms with Gasteiger partial charge in [-0.05, 0) is 41.3 Å². The van der Waals surface area contributed by atoms with E-state index in [1.807, 2.05) is 6.07 Å². The highest BCUT2D eigenvalue weighted by Gasteiger charge is 2.34. The van der Waals surface area contributed by atoms with Gasteiger partial charge in [0.1, 0.15) is 5.82 Å². The van der Waals surface area contributed by atoms with Gasteiger partial charge in [-0.3, -0.25) is 4.79 Å². The summed E-state index contributed by atoms with van der Waals surface area (Å²) in [7, 11) is 0. The van der Waals surface area contributed by atoms with Gasteiger partial charge in [0.2, 0.25) is 5.91 Å². The number of halogens is 4. The van der Waals surface area contributed by atoms with Crippen LogP contribution in [-0.4, -0.2) is 17.4 Å². The molecule has 1 N–H and O–H groups in total. The maximum Gasteiger partial charge on any atom is 0.419 e. The second-order valence-corrected chi connectivity index (χ2v) is 6.25. The minimum atomic E-state index is -4.77. The third-order valence-electron chi connectivity index (χ3n) is 4.39. The average molecular weight is 377 g/mol. The lowest BCUT2D eigenvalue weighted by Gasteiger charge is -2.26. The zero-order valence-electron chi connectivity index (χ0n) is 14.1. The fraction of sp³-hybridized carbons (Fsp3) is 0.263. The van der Waals surface area contributed by atoms with Gasteiger partial charge in [0, 0.05) is 12.2 Å². The van der Waals surface area contributed by atoms with Crippen molar-refractivity contribution in [2.45, 2.75) is 25.6 Å². The summed E-state index contributed by atoms with van der Waals surface area (Å²) in [5.41, 5.74) is 1.25. The first kappa shape index (κ1) is 18.7. The lowest BCUT2D eigenvalue weighted by Crippen LogP contribution is -2.27. The lowest BCUT2D eigenvalue weighted by atomic mass is 9.98. The summed E-state index contributed by atoms with van der Waals surface area (Å²) in [6.45, 7) is 1.00. The number of carbonyl (C=O) groups is 1. The summed E-state index contributed by atoms with van der Waals surface area (Å²) in [5.74, 6) is -1.85. The van der Waals surface area contributed by atoms with Crippen LogP contribution in [0.15, 0.2) is 36.4 Å². The van der Waals surface area contributed by atoms with E-state index in [4.69, 9.17) is 5.26 Å². The van der Waals surface area contributed by atoms with E-state index in [9.17, 15) is 22.4 Å². The van der Waals surface area contributed by atoms with Crippen molar-refractivity contribution in [3.8, 4) is 6.19 Å². The number of carbonyl (C=O) groups excluding carboxylic acids is 1. The molecule has 0 bridgehead atoms. The van der Waals surface area contributed by atoms with Crippen molar-refractivity contribution in [3.63, 3.8) is 0 Å². The molecule has 3 rings (SSSR count). The van der Waals surface area contributed by atoms with E-state index >= 15 is 0 Å². The molecular formula is C19H15F4N3O. The summed E-state index contributed by atoms with van der Waals surface area (Å²) >= 11 is 0. The molecule has 0 aromatic heterocycles. The Labute approximate surface area is 153 Å². The van der Waals surface area contributed by atoms with Crippen molar-refractivity contribution in [1.29, 1.82) is 5.26 Å². The number of hydrogen-bond donors (Lipinski definition) is 1. The van der Waals surface area contributed by atoms with Gasteiger partial charge >= 0.3 is 6.18 Å². The Kier molecular flexibility index (Phi) is 5.04. The molecule has 0 saturated carbocycles. The van der Waals surface area contributed by atoms with Gasteiger partial charge in [-0.1, -0.05) is 18.2 Å². The largest absolute Gasteiger partial charge is 0.419 e. The van der Waals surface area contributed by atoms with E-state index in [1.54, 1.807) is 17.0 Å². The van der Waals surface area contributed by atoms with Crippen LogP contribution in [0.2, 0.25) is 0 Å². The van der Waals surface area contributed by atoms with Crippen molar-refractivity contribution in [3.05, 3.63) is 64.5 Å². The maximum atomic E-state index is 13.6. The average Bonchev–Trinajstić information content (AvgIpc) is 2.60. The molecule has 0 unspecified atom stereocenters. The van der Waals surface area contributed by atoms with E-state index in [0.29, 0.717) is 31.3 Å². The monoisotopic (exact) mass is 377 g/mol. The van der Waals surface area contributed by atoms with Gasteiger partial charge in [0.05, 0.1) is 18.5 Å². The van der Waals surface area contributed by atoms with Crippen LogP contribution in [0, 0.1) is 17.3 Å². The van der Waals surface area contributed by atoms with Crippen LogP contribution in [-0.2, 0) is 30.4 Å². The Morgan fingerprint density at radius 3 is 2.70 bits per heavy atom. The Bertz CT molecular complexity index is 918. The van der Waals surface area contributed by atoms with Gasteiger partial charge in [-0.2, -0.15) is 18.4 Å². The molecular weight excluding hydrogens is 362 g/mol. The molecule has 2 aromatic carbocycles. The smallest absolute Gasteiger partial charge is 0.326 e. The zero-order valence-corrected chi connectivity index (χ0v) is 14.1. The molecule has 2 aromatic rings. The maximum absolute atomic E-state index is 13.6. The highest BCUT2D eigenvalue weighted by molar-refractivity contribution is 5.93. The van der Waals surface area contributed by atoms with Gasteiger partial charge in [-0.25, -0.2) is 4.39 Å². The molecule has 4 nitrogen and oxygen atoms in total. The van der Waals surface area contributed by atoms with Gasteiger partial charge in [0.15, 0.2) is 6.19 Å². The highest BCUT2D eigenvalue weighted by atomic mass is 19.4. The fourth-order valence-corrected chi connectivity index (χ4v) is 3.09. The van der Waals surface area contributed by atoms with Crippen LogP contribution in [0.1, 0.15) is 22.3 Å². The Morgan fingerprint density at radius 2 is 2.04 bits per heavy atom. The van der Waals surface area contributed by atoms with Crippen molar-refractivity contribution in [2.24, 2.45) is 0 Å². The van der Waals surface area contributed by atoms with Crippen LogP contribution in [0.3, 0.4) is 0 Å². The number of amides is 1. The van der Waals surface area contributed by atoms with E-state index in [-0.39, 0.29) is 12.0 Å². The van der Waals surface area contributed by atoms with Gasteiger partial charge < -0.3 is 10.2 Å². The quantitative estimate of drug-likeness (QED) is 0.653. The standard InChI is InChI=1S/C19H15F4N3O/c20-16-8-12(4-5-15(16)19(21,22)23)9-18(27)25-17-3-1-2-13-10-26(11-24)7-6-14(13)17/h1-5,8H,6-7,9-10H2,(H,25,27). The highest BCUT2D eigenvalue weighted by Crippen LogP contribution is 2.32. The van der Waals surface area contributed by atoms with Crippen LogP contribution in [0.25, 0.3) is 0 Å². The van der Waals surface area contributed by atoms with Gasteiger partial charge in [-0.15, -0.1) is 0 Å². The molecule has 0 spiro atoms. The molecule has 27 heavy (non-hydrogen) atoms. The Hall–Kier alpha value is -3.08. The van der Waals surface area contributed by atoms with Crippen LogP contribution < -0.4 is 5.32 Å². The van der Waals surface area contributed by atoms with Crippen molar-refractivity contribution < 1.29 is 22.4 Å². The molecule has 0 radical (unpaired) electrons. The molecule has 1 aliphatic heterocycles. The number of benzene rings is 2. The molecule has 1 aliphatic rings. The molecule has 1 heterocycles. The molecule has 1 amide bonds. The Morgan fingerprint density at radius 1 is 1.26 bits per heavy atom. The number of nitrogens with one attached hydrogen (secondary N) is 1.